The number of hydrogen-bond donors (Lipinski definition) is 3. The second kappa shape index (κ2) is 7.76. The fourth-order valence-corrected chi connectivity index (χ4v) is 3.05. The zero-order chi connectivity index (χ0) is 18.6. The van der Waals surface area contributed by atoms with Gasteiger partial charge in [0.05, 0.1) is 12.6 Å². The van der Waals surface area contributed by atoms with Gasteiger partial charge in [-0.3, -0.25) is 19.2 Å². The largest absolute Gasteiger partial charge is 0.344 e. The van der Waals surface area contributed by atoms with Crippen molar-refractivity contribution >= 4 is 17.6 Å². The summed E-state index contributed by atoms with van der Waals surface area (Å²) in [4.78, 5) is 41.3. The van der Waals surface area contributed by atoms with Crippen LogP contribution < -0.4 is 16.5 Å². The van der Waals surface area contributed by atoms with E-state index in [0.717, 1.165) is 5.56 Å². The maximum atomic E-state index is 12.6. The first-order valence-corrected chi connectivity index (χ1v) is 8.30. The van der Waals surface area contributed by atoms with Gasteiger partial charge in [-0.1, -0.05) is 44.2 Å². The number of rotatable bonds is 8. The highest BCUT2D eigenvalue weighted by Gasteiger charge is 2.58. The van der Waals surface area contributed by atoms with Crippen LogP contribution in [0.4, 0.5) is 0 Å². The Labute approximate surface area is 147 Å². The Morgan fingerprint density at radius 2 is 1.92 bits per heavy atom. The molecule has 2 rings (SSSR count). The lowest BCUT2D eigenvalue weighted by Crippen LogP contribution is -2.54. The average Bonchev–Trinajstić information content (AvgIpc) is 3.28. The maximum absolute atomic E-state index is 12.6. The van der Waals surface area contributed by atoms with Gasteiger partial charge in [0.25, 0.3) is 0 Å². The van der Waals surface area contributed by atoms with Crippen LogP contribution in [0, 0.1) is 11.8 Å². The predicted molar refractivity (Wildman–Crippen MR) is 92.1 cm³/mol. The molecule has 4 N–H and O–H groups in total. The SMILES string of the molecule is CONC(=O)C(=O)C(Cc1ccccc1)NC(=O)C1(N)CC1C(C)C. The number of carbonyl (C=O) groups excluding carboxylic acids is 3. The first-order valence-electron chi connectivity index (χ1n) is 8.30. The third kappa shape index (κ3) is 4.43. The van der Waals surface area contributed by atoms with Gasteiger partial charge in [-0.2, -0.15) is 0 Å². The smallest absolute Gasteiger partial charge is 0.313 e. The monoisotopic (exact) mass is 347 g/mol. The van der Waals surface area contributed by atoms with Crippen LogP contribution >= 0.6 is 0 Å². The number of hydroxylamine groups is 1. The fourth-order valence-electron chi connectivity index (χ4n) is 3.05. The summed E-state index contributed by atoms with van der Waals surface area (Å²) in [5, 5.41) is 2.66. The van der Waals surface area contributed by atoms with Gasteiger partial charge >= 0.3 is 5.91 Å². The minimum absolute atomic E-state index is 0.0766. The standard InChI is InChI=1S/C18H25N3O4/c1-11(2)13-10-18(13,19)17(24)20-14(15(22)16(23)21-25-3)9-12-7-5-4-6-8-12/h4-8,11,13-14H,9-10,19H2,1-3H3,(H,20,24)(H,21,23). The Kier molecular flexibility index (Phi) is 5.92. The van der Waals surface area contributed by atoms with Crippen LogP contribution in [0.1, 0.15) is 25.8 Å². The van der Waals surface area contributed by atoms with Crippen molar-refractivity contribution in [1.82, 2.24) is 10.8 Å². The van der Waals surface area contributed by atoms with Crippen LogP contribution in [-0.2, 0) is 25.6 Å². The predicted octanol–water partition coefficient (Wildman–Crippen LogP) is 0.334. The molecule has 0 radical (unpaired) electrons. The molecule has 1 aromatic rings. The molecule has 0 aliphatic heterocycles. The van der Waals surface area contributed by atoms with E-state index < -0.39 is 29.2 Å². The minimum atomic E-state index is -1.00. The highest BCUT2D eigenvalue weighted by molar-refractivity contribution is 6.38. The number of hydrogen-bond acceptors (Lipinski definition) is 5. The van der Waals surface area contributed by atoms with Gasteiger partial charge in [0.1, 0.15) is 6.04 Å². The third-order valence-electron chi connectivity index (χ3n) is 4.61. The molecule has 0 bridgehead atoms. The normalized spacial score (nSPS) is 23.0. The molecule has 1 aromatic carbocycles. The van der Waals surface area contributed by atoms with Gasteiger partial charge in [0.15, 0.2) is 0 Å². The molecule has 0 heterocycles. The lowest BCUT2D eigenvalue weighted by Gasteiger charge is -2.21. The van der Waals surface area contributed by atoms with E-state index in [9.17, 15) is 14.4 Å². The van der Waals surface area contributed by atoms with Crippen molar-refractivity contribution in [1.29, 1.82) is 0 Å². The Bertz CT molecular complexity index is 647. The molecule has 1 aliphatic carbocycles. The quantitative estimate of drug-likeness (QED) is 0.464. The van der Waals surface area contributed by atoms with Crippen LogP contribution in [0.2, 0.25) is 0 Å². The van der Waals surface area contributed by atoms with Gasteiger partial charge in [0, 0.05) is 6.42 Å². The van der Waals surface area contributed by atoms with Gasteiger partial charge < -0.3 is 11.1 Å². The Hall–Kier alpha value is -2.25. The number of benzene rings is 1. The molecule has 136 valence electrons. The van der Waals surface area contributed by atoms with Gasteiger partial charge in [0.2, 0.25) is 11.7 Å². The minimum Gasteiger partial charge on any atom is -0.344 e. The summed E-state index contributed by atoms with van der Waals surface area (Å²) in [7, 11) is 1.24. The highest BCUT2D eigenvalue weighted by Crippen LogP contribution is 2.46. The molecule has 7 heteroatoms. The highest BCUT2D eigenvalue weighted by atomic mass is 16.6. The molecule has 2 amide bonds. The van der Waals surface area contributed by atoms with Crippen molar-refractivity contribution in [2.45, 2.75) is 38.3 Å². The lowest BCUT2D eigenvalue weighted by molar-refractivity contribution is -0.146. The molecular weight excluding hydrogens is 322 g/mol. The summed E-state index contributed by atoms with van der Waals surface area (Å²) in [6, 6.07) is 8.16. The van der Waals surface area contributed by atoms with Crippen LogP contribution in [-0.4, -0.2) is 36.3 Å². The summed E-state index contributed by atoms with van der Waals surface area (Å²) in [6.07, 6.45) is 0.776. The molecule has 3 atom stereocenters. The Balaban J connectivity index is 2.13. The van der Waals surface area contributed by atoms with E-state index in [0.29, 0.717) is 6.42 Å². The topological polar surface area (TPSA) is 111 Å². The molecule has 1 aliphatic rings. The summed E-state index contributed by atoms with van der Waals surface area (Å²) in [5.74, 6) is -1.73. The molecule has 1 fully saturated rings. The summed E-state index contributed by atoms with van der Waals surface area (Å²) in [6.45, 7) is 4.01. The van der Waals surface area contributed by atoms with Gasteiger partial charge in [-0.05, 0) is 23.8 Å². The number of amides is 2. The van der Waals surface area contributed by atoms with E-state index in [-0.39, 0.29) is 18.3 Å². The fraction of sp³-hybridized carbons (Fsp3) is 0.500. The summed E-state index contributed by atoms with van der Waals surface area (Å²) in [5.41, 5.74) is 8.01. The number of Topliss-reactive ketones (excluding diaryl/α,β-unsaturated/α-hetero) is 1. The van der Waals surface area contributed by atoms with Gasteiger partial charge in [-0.25, -0.2) is 5.48 Å². The third-order valence-corrected chi connectivity index (χ3v) is 4.61. The van der Waals surface area contributed by atoms with E-state index >= 15 is 0 Å². The van der Waals surface area contributed by atoms with Crippen molar-refractivity contribution in [3.8, 4) is 0 Å². The summed E-state index contributed by atoms with van der Waals surface area (Å²) < 4.78 is 0. The number of nitrogens with two attached hydrogens (primary N) is 1. The first kappa shape index (κ1) is 19.1. The van der Waals surface area contributed by atoms with Crippen molar-refractivity contribution in [2.75, 3.05) is 7.11 Å². The average molecular weight is 347 g/mol. The second-order valence-electron chi connectivity index (χ2n) is 6.81. The molecule has 3 unspecified atom stereocenters. The van der Waals surface area contributed by atoms with Gasteiger partial charge in [-0.15, -0.1) is 0 Å². The molecule has 0 spiro atoms. The second-order valence-corrected chi connectivity index (χ2v) is 6.81. The van der Waals surface area contributed by atoms with Crippen LogP contribution in [0.25, 0.3) is 0 Å². The Morgan fingerprint density at radius 1 is 1.28 bits per heavy atom. The molecule has 25 heavy (non-hydrogen) atoms. The summed E-state index contributed by atoms with van der Waals surface area (Å²) >= 11 is 0. The number of nitrogens with one attached hydrogen (secondary N) is 2. The zero-order valence-electron chi connectivity index (χ0n) is 14.7. The van der Waals surface area contributed by atoms with Crippen molar-refractivity contribution in [3.63, 3.8) is 0 Å². The molecule has 1 saturated carbocycles. The van der Waals surface area contributed by atoms with E-state index in [4.69, 9.17) is 5.73 Å². The van der Waals surface area contributed by atoms with Crippen LogP contribution in [0.5, 0.6) is 0 Å². The van der Waals surface area contributed by atoms with Crippen molar-refractivity contribution in [2.24, 2.45) is 17.6 Å². The molecule has 7 nitrogen and oxygen atoms in total. The van der Waals surface area contributed by atoms with E-state index in [1.807, 2.05) is 49.7 Å². The molecule has 0 aromatic heterocycles. The zero-order valence-corrected chi connectivity index (χ0v) is 14.7. The Morgan fingerprint density at radius 3 is 2.44 bits per heavy atom. The van der Waals surface area contributed by atoms with Crippen molar-refractivity contribution < 1.29 is 19.2 Å². The van der Waals surface area contributed by atoms with E-state index in [1.165, 1.54) is 7.11 Å². The van der Waals surface area contributed by atoms with Crippen LogP contribution in [0.15, 0.2) is 30.3 Å². The lowest BCUT2D eigenvalue weighted by atomic mass is 10.00. The van der Waals surface area contributed by atoms with Crippen molar-refractivity contribution in [3.05, 3.63) is 35.9 Å². The first-order chi connectivity index (χ1) is 11.8. The maximum Gasteiger partial charge on any atom is 0.313 e. The number of ketones is 1. The van der Waals surface area contributed by atoms with E-state index in [1.54, 1.807) is 0 Å². The number of carbonyl (C=O) groups is 3. The van der Waals surface area contributed by atoms with E-state index in [2.05, 4.69) is 10.2 Å². The molecular formula is C18H25N3O4. The molecule has 0 saturated heterocycles. The van der Waals surface area contributed by atoms with Crippen LogP contribution in [0.3, 0.4) is 0 Å².